The highest BCUT2D eigenvalue weighted by Crippen LogP contribution is 2.29. The van der Waals surface area contributed by atoms with Crippen molar-refractivity contribution >= 4 is 41.2 Å². The second-order valence-electron chi connectivity index (χ2n) is 14.9. The van der Waals surface area contributed by atoms with Crippen LogP contribution in [-0.4, -0.2) is 52.9 Å². The molecule has 2 rings (SSSR count). The summed E-state index contributed by atoms with van der Waals surface area (Å²) in [7, 11) is 0. The van der Waals surface area contributed by atoms with Gasteiger partial charge in [0, 0.05) is 37.2 Å². The lowest BCUT2D eigenvalue weighted by Crippen LogP contribution is -2.21. The molecule has 0 N–H and O–H groups in total. The summed E-state index contributed by atoms with van der Waals surface area (Å²) in [5.74, 6) is 5.83. The van der Waals surface area contributed by atoms with Gasteiger partial charge in [0.1, 0.15) is 18.0 Å². The molecule has 0 amide bonds. The number of unbranched alkanes of at least 4 members (excludes halogenated alkanes) is 6. The lowest BCUT2D eigenvalue weighted by molar-refractivity contribution is -0.149. The molecule has 0 saturated heterocycles. The van der Waals surface area contributed by atoms with Gasteiger partial charge >= 0.3 is 11.9 Å². The summed E-state index contributed by atoms with van der Waals surface area (Å²) in [5.41, 5.74) is 0. The van der Waals surface area contributed by atoms with Crippen LogP contribution in [0.15, 0.2) is 0 Å². The van der Waals surface area contributed by atoms with E-state index < -0.39 is 0 Å². The van der Waals surface area contributed by atoms with E-state index in [4.69, 9.17) is 9.47 Å². The molecule has 2 saturated carbocycles. The molecular weight excluding hydrogens is 637 g/mol. The average Bonchev–Trinajstić information content (AvgIpc) is 3.10. The second kappa shape index (κ2) is 30.0. The maximum absolute atomic E-state index is 12.5. The van der Waals surface area contributed by atoms with Gasteiger partial charge < -0.3 is 9.47 Å². The number of carbonyl (C=O) groups is 3. The van der Waals surface area contributed by atoms with Crippen molar-refractivity contribution < 1.29 is 23.9 Å². The van der Waals surface area contributed by atoms with E-state index >= 15 is 0 Å². The van der Waals surface area contributed by atoms with Crippen LogP contribution in [0.4, 0.5) is 0 Å². The predicted molar refractivity (Wildman–Crippen MR) is 207 cm³/mol. The summed E-state index contributed by atoms with van der Waals surface area (Å²) < 4.78 is 11.8. The van der Waals surface area contributed by atoms with Crippen molar-refractivity contribution in [2.75, 3.05) is 23.0 Å². The molecule has 0 aromatic rings. The van der Waals surface area contributed by atoms with Crippen LogP contribution in [0.2, 0.25) is 0 Å². The summed E-state index contributed by atoms with van der Waals surface area (Å²) in [6.45, 7) is 4.39. The standard InChI is InChI=1S/C41H74O5S2/c1-3-5-25-38(45-40(43)29-27-35-19-11-7-12-20-35)33-47-31-17-9-15-23-37(42)24-16-10-18-32-48-34-39(26-6-4-2)46-41(44)30-28-36-21-13-8-14-22-36/h35-36,38-39H,3-34H2,1-2H3. The molecule has 0 aromatic carbocycles. The fraction of sp³-hybridized carbons (Fsp3) is 0.927. The highest BCUT2D eigenvalue weighted by Gasteiger charge is 2.20. The van der Waals surface area contributed by atoms with Crippen LogP contribution in [0.3, 0.4) is 0 Å². The summed E-state index contributed by atoms with van der Waals surface area (Å²) >= 11 is 3.82. The van der Waals surface area contributed by atoms with E-state index in [0.717, 1.165) is 125 Å². The quantitative estimate of drug-likeness (QED) is 0.0543. The predicted octanol–water partition coefficient (Wildman–Crippen LogP) is 12.1. The molecule has 5 nitrogen and oxygen atoms in total. The number of esters is 2. The van der Waals surface area contributed by atoms with Crippen LogP contribution in [-0.2, 0) is 23.9 Å². The number of hydrogen-bond donors (Lipinski definition) is 0. The van der Waals surface area contributed by atoms with E-state index in [1.165, 1.54) is 64.2 Å². The van der Waals surface area contributed by atoms with Gasteiger partial charge in [0.2, 0.25) is 0 Å². The van der Waals surface area contributed by atoms with Crippen molar-refractivity contribution in [2.45, 2.75) is 206 Å². The zero-order valence-corrected chi connectivity index (χ0v) is 32.9. The summed E-state index contributed by atoms with van der Waals surface area (Å²) in [6.07, 6.45) is 30.7. The molecule has 0 bridgehead atoms. The molecule has 0 aliphatic heterocycles. The van der Waals surface area contributed by atoms with Gasteiger partial charge in [-0.25, -0.2) is 0 Å². The molecule has 2 fully saturated rings. The Balaban J connectivity index is 1.44. The fourth-order valence-corrected chi connectivity index (χ4v) is 9.41. The molecule has 48 heavy (non-hydrogen) atoms. The smallest absolute Gasteiger partial charge is 0.306 e. The monoisotopic (exact) mass is 710 g/mol. The molecular formula is C41H74O5S2. The Hall–Kier alpha value is -0.690. The Morgan fingerprint density at radius 3 is 1.35 bits per heavy atom. The number of ether oxygens (including phenoxy) is 2. The molecule has 0 heterocycles. The Morgan fingerprint density at radius 2 is 0.958 bits per heavy atom. The van der Waals surface area contributed by atoms with Gasteiger partial charge in [-0.2, -0.15) is 23.5 Å². The Kier molecular flexibility index (Phi) is 27.2. The minimum atomic E-state index is 0.00768. The van der Waals surface area contributed by atoms with E-state index in [0.29, 0.717) is 31.5 Å². The Labute approximate surface area is 304 Å². The van der Waals surface area contributed by atoms with Gasteiger partial charge in [-0.3, -0.25) is 14.4 Å². The lowest BCUT2D eigenvalue weighted by Gasteiger charge is -2.22. The lowest BCUT2D eigenvalue weighted by atomic mass is 9.86. The van der Waals surface area contributed by atoms with E-state index in [-0.39, 0.29) is 24.1 Å². The zero-order chi connectivity index (χ0) is 34.5. The van der Waals surface area contributed by atoms with Crippen LogP contribution < -0.4 is 0 Å². The first-order chi connectivity index (χ1) is 23.5. The number of hydrogen-bond acceptors (Lipinski definition) is 7. The van der Waals surface area contributed by atoms with Crippen LogP contribution in [0.1, 0.15) is 194 Å². The molecule has 7 heteroatoms. The molecule has 0 spiro atoms. The topological polar surface area (TPSA) is 69.7 Å². The van der Waals surface area contributed by atoms with Crippen LogP contribution >= 0.6 is 23.5 Å². The van der Waals surface area contributed by atoms with Crippen molar-refractivity contribution in [1.82, 2.24) is 0 Å². The number of Topliss-reactive ketones (excluding diaryl/α,β-unsaturated/α-hetero) is 1. The van der Waals surface area contributed by atoms with Crippen molar-refractivity contribution in [1.29, 1.82) is 0 Å². The Bertz CT molecular complexity index is 745. The SMILES string of the molecule is CCCCC(CSCCCCCC(=O)CCCCCSCC(CCCC)OC(=O)CCC1CCCCC1)OC(=O)CCC1CCCCC1. The van der Waals surface area contributed by atoms with E-state index in [1.54, 1.807) is 0 Å². The molecule has 280 valence electrons. The maximum Gasteiger partial charge on any atom is 0.306 e. The first-order valence-corrected chi connectivity index (χ1v) is 22.9. The zero-order valence-electron chi connectivity index (χ0n) is 31.3. The van der Waals surface area contributed by atoms with E-state index in [1.807, 2.05) is 23.5 Å². The van der Waals surface area contributed by atoms with Gasteiger partial charge in [0.05, 0.1) is 0 Å². The van der Waals surface area contributed by atoms with Crippen molar-refractivity contribution in [2.24, 2.45) is 11.8 Å². The minimum absolute atomic E-state index is 0.00768. The summed E-state index contributed by atoms with van der Waals surface area (Å²) in [5, 5.41) is 0. The van der Waals surface area contributed by atoms with Gasteiger partial charge in [-0.05, 0) is 74.7 Å². The van der Waals surface area contributed by atoms with E-state index in [9.17, 15) is 14.4 Å². The fourth-order valence-electron chi connectivity index (χ4n) is 7.26. The molecule has 2 unspecified atom stereocenters. The second-order valence-corrected chi connectivity index (χ2v) is 17.2. The third-order valence-electron chi connectivity index (χ3n) is 10.4. The first kappa shape index (κ1) is 43.5. The number of carbonyl (C=O) groups excluding carboxylic acids is 3. The van der Waals surface area contributed by atoms with Crippen LogP contribution in [0.5, 0.6) is 0 Å². The molecule has 0 aromatic heterocycles. The number of rotatable bonds is 30. The van der Waals surface area contributed by atoms with Crippen molar-refractivity contribution in [3.05, 3.63) is 0 Å². The highest BCUT2D eigenvalue weighted by molar-refractivity contribution is 7.99. The Morgan fingerprint density at radius 1 is 0.542 bits per heavy atom. The normalized spacial score (nSPS) is 17.2. The average molecular weight is 711 g/mol. The first-order valence-electron chi connectivity index (χ1n) is 20.6. The minimum Gasteiger partial charge on any atom is -0.461 e. The van der Waals surface area contributed by atoms with Crippen molar-refractivity contribution in [3.63, 3.8) is 0 Å². The molecule has 0 radical (unpaired) electrons. The number of ketones is 1. The van der Waals surface area contributed by atoms with Gasteiger partial charge in [-0.1, -0.05) is 117 Å². The third-order valence-corrected chi connectivity index (χ3v) is 12.8. The highest BCUT2D eigenvalue weighted by atomic mass is 32.2. The van der Waals surface area contributed by atoms with Crippen LogP contribution in [0, 0.1) is 11.8 Å². The summed E-state index contributed by atoms with van der Waals surface area (Å²) in [4.78, 5) is 37.4. The summed E-state index contributed by atoms with van der Waals surface area (Å²) in [6, 6.07) is 0. The molecule has 2 atom stereocenters. The largest absolute Gasteiger partial charge is 0.461 e. The van der Waals surface area contributed by atoms with Crippen LogP contribution in [0.25, 0.3) is 0 Å². The van der Waals surface area contributed by atoms with Gasteiger partial charge in [0.15, 0.2) is 0 Å². The van der Waals surface area contributed by atoms with Gasteiger partial charge in [-0.15, -0.1) is 0 Å². The number of thioether (sulfide) groups is 2. The van der Waals surface area contributed by atoms with Gasteiger partial charge in [0.25, 0.3) is 0 Å². The van der Waals surface area contributed by atoms with E-state index in [2.05, 4.69) is 13.8 Å². The third kappa shape index (κ3) is 23.7. The molecule has 2 aliphatic rings. The maximum atomic E-state index is 12.5. The molecule has 2 aliphatic carbocycles. The van der Waals surface area contributed by atoms with Crippen molar-refractivity contribution in [3.8, 4) is 0 Å².